The molecule has 0 aromatic heterocycles. The van der Waals surface area contributed by atoms with Crippen LogP contribution in [0.3, 0.4) is 0 Å². The van der Waals surface area contributed by atoms with Crippen molar-refractivity contribution in [2.45, 2.75) is 26.2 Å². The maximum absolute atomic E-state index is 10.9. The fraction of sp³-hybridized carbons (Fsp3) is 0.600. The summed E-state index contributed by atoms with van der Waals surface area (Å²) in [6.45, 7) is 1.98. The Labute approximate surface area is 71.6 Å². The highest BCUT2D eigenvalue weighted by Gasteiger charge is 2.49. The summed E-state index contributed by atoms with van der Waals surface area (Å²) in [5.74, 6) is 0.510. The second kappa shape index (κ2) is 2.28. The highest BCUT2D eigenvalue weighted by molar-refractivity contribution is 5.87. The Hall–Kier alpha value is -0.920. The summed E-state index contributed by atoms with van der Waals surface area (Å²) in [5.41, 5.74) is 1.55. The van der Waals surface area contributed by atoms with Crippen LogP contribution in [0.5, 0.6) is 0 Å². The van der Waals surface area contributed by atoms with E-state index in [9.17, 15) is 9.59 Å². The van der Waals surface area contributed by atoms with Crippen LogP contribution in [-0.2, 0) is 9.59 Å². The molecule has 0 amide bonds. The third-order valence-electron chi connectivity index (χ3n) is 3.47. The van der Waals surface area contributed by atoms with Gasteiger partial charge >= 0.3 is 0 Å². The van der Waals surface area contributed by atoms with E-state index >= 15 is 0 Å². The molecule has 12 heavy (non-hydrogen) atoms. The summed E-state index contributed by atoms with van der Waals surface area (Å²) in [6, 6.07) is 0. The van der Waals surface area contributed by atoms with Gasteiger partial charge in [0.1, 0.15) is 12.6 Å². The first kappa shape index (κ1) is 7.71. The maximum atomic E-state index is 10.9. The molecule has 1 fully saturated rings. The van der Waals surface area contributed by atoms with Gasteiger partial charge in [0, 0.05) is 5.57 Å². The van der Waals surface area contributed by atoms with E-state index in [1.807, 2.05) is 6.92 Å². The van der Waals surface area contributed by atoms with Gasteiger partial charge in [0.2, 0.25) is 0 Å². The fourth-order valence-corrected chi connectivity index (χ4v) is 2.68. The molecule has 2 nitrogen and oxygen atoms in total. The van der Waals surface area contributed by atoms with E-state index < -0.39 is 0 Å². The second-order valence-corrected chi connectivity index (χ2v) is 3.93. The predicted octanol–water partition coefficient (Wildman–Crippen LogP) is 1.50. The lowest BCUT2D eigenvalue weighted by molar-refractivity contribution is -0.116. The van der Waals surface area contributed by atoms with Gasteiger partial charge in [-0.1, -0.05) is 5.57 Å². The van der Waals surface area contributed by atoms with Crippen LogP contribution in [0.2, 0.25) is 0 Å². The summed E-state index contributed by atoms with van der Waals surface area (Å²) >= 11 is 0. The van der Waals surface area contributed by atoms with Crippen molar-refractivity contribution in [3.63, 3.8) is 0 Å². The van der Waals surface area contributed by atoms with Gasteiger partial charge in [-0.25, -0.2) is 0 Å². The van der Waals surface area contributed by atoms with E-state index in [1.165, 1.54) is 0 Å². The number of hydrogen-bond acceptors (Lipinski definition) is 2. The number of carbonyl (C=O) groups excluding carboxylic acids is 2. The first-order valence-corrected chi connectivity index (χ1v) is 4.36. The number of rotatable bonds is 2. The predicted molar refractivity (Wildman–Crippen MR) is 44.6 cm³/mol. The molecule has 0 spiro atoms. The number of carbonyl (C=O) groups is 2. The van der Waals surface area contributed by atoms with Gasteiger partial charge in [0.25, 0.3) is 0 Å². The number of aldehydes is 2. The zero-order valence-corrected chi connectivity index (χ0v) is 7.17. The van der Waals surface area contributed by atoms with Crippen molar-refractivity contribution in [1.29, 1.82) is 0 Å². The maximum Gasteiger partial charge on any atom is 0.146 e. The minimum atomic E-state index is -0.378. The molecule has 2 bridgehead atoms. The Morgan fingerprint density at radius 3 is 2.75 bits per heavy atom. The SMILES string of the molecule is CC1=C(C=O)C2(C=O)CCC1C2. The van der Waals surface area contributed by atoms with Gasteiger partial charge in [0.05, 0.1) is 5.41 Å². The van der Waals surface area contributed by atoms with E-state index in [2.05, 4.69) is 0 Å². The van der Waals surface area contributed by atoms with Gasteiger partial charge in [-0.15, -0.1) is 0 Å². The third kappa shape index (κ3) is 0.701. The first-order valence-electron chi connectivity index (χ1n) is 4.36. The Balaban J connectivity index is 2.50. The number of allylic oxidation sites excluding steroid dienone is 2. The highest BCUT2D eigenvalue weighted by atomic mass is 16.1. The molecule has 0 aromatic carbocycles. The first-order chi connectivity index (χ1) is 5.73. The normalized spacial score (nSPS) is 38.9. The average Bonchev–Trinajstić information content (AvgIpc) is 2.61. The molecule has 2 aliphatic rings. The van der Waals surface area contributed by atoms with Crippen LogP contribution in [0, 0.1) is 11.3 Å². The summed E-state index contributed by atoms with van der Waals surface area (Å²) in [5, 5.41) is 0. The smallest absolute Gasteiger partial charge is 0.146 e. The molecule has 2 rings (SSSR count). The van der Waals surface area contributed by atoms with Gasteiger partial charge in [-0.3, -0.25) is 4.79 Å². The Bertz CT molecular complexity index is 278. The zero-order valence-electron chi connectivity index (χ0n) is 7.17. The molecule has 0 N–H and O–H groups in total. The average molecular weight is 164 g/mol. The standard InChI is InChI=1S/C10H12O2/c1-7-8-2-3-10(4-8,6-12)9(7)5-11/h5-6,8H,2-4H2,1H3. The second-order valence-electron chi connectivity index (χ2n) is 3.93. The Morgan fingerprint density at radius 1 is 1.50 bits per heavy atom. The van der Waals surface area contributed by atoms with Crippen molar-refractivity contribution in [3.05, 3.63) is 11.1 Å². The largest absolute Gasteiger partial charge is 0.302 e. The monoisotopic (exact) mass is 164 g/mol. The molecular weight excluding hydrogens is 152 g/mol. The summed E-state index contributed by atoms with van der Waals surface area (Å²) in [6.07, 6.45) is 4.71. The van der Waals surface area contributed by atoms with Crippen molar-refractivity contribution in [2.75, 3.05) is 0 Å². The van der Waals surface area contributed by atoms with Gasteiger partial charge in [-0.2, -0.15) is 0 Å². The minimum Gasteiger partial charge on any atom is -0.302 e. The molecule has 1 saturated carbocycles. The summed E-state index contributed by atoms with van der Waals surface area (Å²) in [7, 11) is 0. The Kier molecular flexibility index (Phi) is 1.47. The molecule has 2 heteroatoms. The van der Waals surface area contributed by atoms with Crippen LogP contribution < -0.4 is 0 Å². The van der Waals surface area contributed by atoms with Crippen LogP contribution in [0.15, 0.2) is 11.1 Å². The van der Waals surface area contributed by atoms with E-state index in [1.54, 1.807) is 0 Å². The molecule has 0 radical (unpaired) electrons. The van der Waals surface area contributed by atoms with Crippen LogP contribution >= 0.6 is 0 Å². The van der Waals surface area contributed by atoms with Crippen LogP contribution in [0.1, 0.15) is 26.2 Å². The molecule has 2 aliphatic carbocycles. The molecule has 2 unspecified atom stereocenters. The number of fused-ring (bicyclic) bond motifs is 2. The molecule has 2 atom stereocenters. The molecule has 0 aromatic rings. The van der Waals surface area contributed by atoms with E-state index in [0.29, 0.717) is 5.92 Å². The van der Waals surface area contributed by atoms with E-state index in [-0.39, 0.29) is 5.41 Å². The number of hydrogen-bond donors (Lipinski definition) is 0. The van der Waals surface area contributed by atoms with Crippen LogP contribution in [-0.4, -0.2) is 12.6 Å². The summed E-state index contributed by atoms with van der Waals surface area (Å²) in [4.78, 5) is 21.7. The van der Waals surface area contributed by atoms with Gasteiger partial charge in [-0.05, 0) is 32.1 Å². The Morgan fingerprint density at radius 2 is 2.25 bits per heavy atom. The van der Waals surface area contributed by atoms with Crippen LogP contribution in [0.4, 0.5) is 0 Å². The van der Waals surface area contributed by atoms with E-state index in [4.69, 9.17) is 0 Å². The topological polar surface area (TPSA) is 34.1 Å². The molecule has 0 heterocycles. The lowest BCUT2D eigenvalue weighted by atomic mass is 9.81. The molecule has 0 aliphatic heterocycles. The van der Waals surface area contributed by atoms with Crippen molar-refractivity contribution in [2.24, 2.45) is 11.3 Å². The van der Waals surface area contributed by atoms with Gasteiger partial charge in [0.15, 0.2) is 0 Å². The third-order valence-corrected chi connectivity index (χ3v) is 3.47. The van der Waals surface area contributed by atoms with Crippen LogP contribution in [0.25, 0.3) is 0 Å². The minimum absolute atomic E-state index is 0.378. The van der Waals surface area contributed by atoms with Crippen molar-refractivity contribution < 1.29 is 9.59 Å². The fourth-order valence-electron chi connectivity index (χ4n) is 2.68. The van der Waals surface area contributed by atoms with E-state index in [0.717, 1.165) is 43.0 Å². The quantitative estimate of drug-likeness (QED) is 0.579. The highest BCUT2D eigenvalue weighted by Crippen LogP contribution is 2.55. The van der Waals surface area contributed by atoms with Crippen molar-refractivity contribution >= 4 is 12.6 Å². The van der Waals surface area contributed by atoms with Crippen molar-refractivity contribution in [3.8, 4) is 0 Å². The lowest BCUT2D eigenvalue weighted by Gasteiger charge is -2.20. The van der Waals surface area contributed by atoms with Crippen molar-refractivity contribution in [1.82, 2.24) is 0 Å². The zero-order chi connectivity index (χ0) is 8.77. The molecule has 0 saturated heterocycles. The summed E-state index contributed by atoms with van der Waals surface area (Å²) < 4.78 is 0. The molecule has 64 valence electrons. The van der Waals surface area contributed by atoms with Gasteiger partial charge < -0.3 is 4.79 Å². The molecular formula is C10H12O2. The lowest BCUT2D eigenvalue weighted by Crippen LogP contribution is -2.20.